The monoisotopic (exact) mass is 302 g/mol. The van der Waals surface area contributed by atoms with Gasteiger partial charge in [0.25, 0.3) is 5.91 Å². The van der Waals surface area contributed by atoms with Gasteiger partial charge in [-0.2, -0.15) is 0 Å². The number of carbonyl (C=O) groups excluding carboxylic acids is 1. The molecule has 1 amide bonds. The summed E-state index contributed by atoms with van der Waals surface area (Å²) in [5.74, 6) is 0.778. The van der Waals surface area contributed by atoms with Crippen LogP contribution in [0.2, 0.25) is 0 Å². The molecule has 0 aliphatic carbocycles. The number of amides is 1. The molecular weight excluding hydrogens is 276 g/mol. The Kier molecular flexibility index (Phi) is 4.98. The van der Waals surface area contributed by atoms with E-state index in [9.17, 15) is 4.79 Å². The van der Waals surface area contributed by atoms with E-state index in [1.807, 2.05) is 29.2 Å². The molecule has 0 atom stereocenters. The minimum atomic E-state index is 0.106. The summed E-state index contributed by atoms with van der Waals surface area (Å²) < 4.78 is 5.32. The number of para-hydroxylation sites is 1. The molecular formula is C18H26N2O2. The second-order valence-corrected chi connectivity index (χ2v) is 6.32. The van der Waals surface area contributed by atoms with E-state index in [-0.39, 0.29) is 5.91 Å². The smallest absolute Gasteiger partial charge is 0.257 e. The van der Waals surface area contributed by atoms with Crippen LogP contribution in [0.3, 0.4) is 0 Å². The van der Waals surface area contributed by atoms with Crippen molar-refractivity contribution in [3.63, 3.8) is 0 Å². The third kappa shape index (κ3) is 3.27. The van der Waals surface area contributed by atoms with Crippen LogP contribution in [0, 0.1) is 0 Å². The Hall–Kier alpha value is -1.55. The van der Waals surface area contributed by atoms with Crippen molar-refractivity contribution in [2.75, 3.05) is 33.3 Å². The molecule has 4 nitrogen and oxygen atoms in total. The molecule has 22 heavy (non-hydrogen) atoms. The van der Waals surface area contributed by atoms with Crippen molar-refractivity contribution >= 4 is 5.91 Å². The fraction of sp³-hybridized carbons (Fsp3) is 0.611. The molecule has 0 spiro atoms. The van der Waals surface area contributed by atoms with Crippen LogP contribution in [0.25, 0.3) is 0 Å². The maximum absolute atomic E-state index is 12.7. The van der Waals surface area contributed by atoms with E-state index >= 15 is 0 Å². The second-order valence-electron chi connectivity index (χ2n) is 6.32. The summed E-state index contributed by atoms with van der Waals surface area (Å²) in [6.45, 7) is 4.20. The number of methoxy groups -OCH3 is 1. The molecule has 2 aliphatic heterocycles. The lowest BCUT2D eigenvalue weighted by molar-refractivity contribution is 0.0587. The molecule has 4 heteroatoms. The molecule has 0 N–H and O–H groups in total. The number of benzene rings is 1. The quantitative estimate of drug-likeness (QED) is 0.861. The van der Waals surface area contributed by atoms with Gasteiger partial charge in [0.05, 0.1) is 12.7 Å². The van der Waals surface area contributed by atoms with Gasteiger partial charge in [0.2, 0.25) is 0 Å². The molecule has 2 aliphatic rings. The number of likely N-dealkylation sites (tertiary alicyclic amines) is 2. The fourth-order valence-corrected chi connectivity index (χ4v) is 3.71. The van der Waals surface area contributed by atoms with Gasteiger partial charge in [0, 0.05) is 19.1 Å². The van der Waals surface area contributed by atoms with Crippen molar-refractivity contribution in [3.8, 4) is 5.75 Å². The normalized spacial score (nSPS) is 20.9. The Balaban J connectivity index is 1.59. The van der Waals surface area contributed by atoms with E-state index in [2.05, 4.69) is 4.90 Å². The van der Waals surface area contributed by atoms with Crippen LogP contribution in [0.15, 0.2) is 24.3 Å². The Morgan fingerprint density at radius 1 is 1.05 bits per heavy atom. The Labute approximate surface area is 133 Å². The van der Waals surface area contributed by atoms with E-state index in [4.69, 9.17) is 4.74 Å². The van der Waals surface area contributed by atoms with E-state index in [0.29, 0.717) is 17.4 Å². The van der Waals surface area contributed by atoms with E-state index in [1.165, 1.54) is 32.4 Å². The van der Waals surface area contributed by atoms with Gasteiger partial charge in [-0.15, -0.1) is 0 Å². The maximum atomic E-state index is 12.7. The SMILES string of the molecule is COc1ccccc1C(=O)N1CCC(N2CCCCC2)CC1. The molecule has 0 saturated carbocycles. The first-order valence-electron chi connectivity index (χ1n) is 8.46. The highest BCUT2D eigenvalue weighted by atomic mass is 16.5. The Morgan fingerprint density at radius 3 is 2.41 bits per heavy atom. The number of rotatable bonds is 3. The zero-order chi connectivity index (χ0) is 15.4. The predicted octanol–water partition coefficient (Wildman–Crippen LogP) is 2.79. The lowest BCUT2D eigenvalue weighted by Gasteiger charge is -2.40. The molecule has 0 aromatic heterocycles. The van der Waals surface area contributed by atoms with Crippen LogP contribution in [0.1, 0.15) is 42.5 Å². The largest absolute Gasteiger partial charge is 0.496 e. The average Bonchev–Trinajstić information content (AvgIpc) is 2.62. The summed E-state index contributed by atoms with van der Waals surface area (Å²) in [4.78, 5) is 17.3. The Bertz CT molecular complexity index is 504. The highest BCUT2D eigenvalue weighted by Crippen LogP contribution is 2.24. The van der Waals surface area contributed by atoms with Crippen LogP contribution in [0.5, 0.6) is 5.75 Å². The zero-order valence-corrected chi connectivity index (χ0v) is 13.5. The number of nitrogens with zero attached hydrogens (tertiary/aromatic N) is 2. The summed E-state index contributed by atoms with van der Waals surface area (Å²) >= 11 is 0. The van der Waals surface area contributed by atoms with Gasteiger partial charge in [-0.25, -0.2) is 0 Å². The molecule has 0 radical (unpaired) electrons. The van der Waals surface area contributed by atoms with Gasteiger partial charge in [-0.3, -0.25) is 4.79 Å². The number of hydrogen-bond donors (Lipinski definition) is 0. The highest BCUT2D eigenvalue weighted by molar-refractivity contribution is 5.97. The summed E-state index contributed by atoms with van der Waals surface area (Å²) in [5, 5.41) is 0. The van der Waals surface area contributed by atoms with Gasteiger partial charge in [-0.1, -0.05) is 18.6 Å². The number of ether oxygens (including phenoxy) is 1. The van der Waals surface area contributed by atoms with E-state index < -0.39 is 0 Å². The Morgan fingerprint density at radius 2 is 1.73 bits per heavy atom. The van der Waals surface area contributed by atoms with Crippen molar-refractivity contribution in [2.45, 2.75) is 38.1 Å². The summed E-state index contributed by atoms with van der Waals surface area (Å²) in [6.07, 6.45) is 6.24. The van der Waals surface area contributed by atoms with Crippen LogP contribution in [0.4, 0.5) is 0 Å². The number of carbonyl (C=O) groups is 1. The molecule has 1 aromatic rings. The van der Waals surface area contributed by atoms with Gasteiger partial charge < -0.3 is 14.5 Å². The maximum Gasteiger partial charge on any atom is 0.257 e. The van der Waals surface area contributed by atoms with Crippen molar-refractivity contribution < 1.29 is 9.53 Å². The molecule has 1 aromatic carbocycles. The van der Waals surface area contributed by atoms with Crippen molar-refractivity contribution in [1.29, 1.82) is 0 Å². The zero-order valence-electron chi connectivity index (χ0n) is 13.5. The lowest BCUT2D eigenvalue weighted by Crippen LogP contribution is -2.48. The first kappa shape index (κ1) is 15.3. The van der Waals surface area contributed by atoms with Crippen LogP contribution in [-0.2, 0) is 0 Å². The van der Waals surface area contributed by atoms with Gasteiger partial charge in [0.15, 0.2) is 0 Å². The minimum Gasteiger partial charge on any atom is -0.496 e. The summed E-state index contributed by atoms with van der Waals surface area (Å²) in [6, 6.07) is 8.18. The van der Waals surface area contributed by atoms with E-state index in [0.717, 1.165) is 25.9 Å². The summed E-state index contributed by atoms with van der Waals surface area (Å²) in [7, 11) is 1.62. The molecule has 120 valence electrons. The molecule has 3 rings (SSSR count). The number of piperidine rings is 2. The molecule has 2 saturated heterocycles. The first-order valence-corrected chi connectivity index (χ1v) is 8.46. The van der Waals surface area contributed by atoms with Crippen molar-refractivity contribution in [2.24, 2.45) is 0 Å². The van der Waals surface area contributed by atoms with Crippen molar-refractivity contribution in [3.05, 3.63) is 29.8 Å². The molecule has 0 unspecified atom stereocenters. The van der Waals surface area contributed by atoms with Gasteiger partial charge in [-0.05, 0) is 50.9 Å². The third-order valence-electron chi connectivity index (χ3n) is 5.00. The third-order valence-corrected chi connectivity index (χ3v) is 5.00. The minimum absolute atomic E-state index is 0.106. The molecule has 2 heterocycles. The van der Waals surface area contributed by atoms with Crippen LogP contribution in [-0.4, -0.2) is 55.0 Å². The second kappa shape index (κ2) is 7.14. The van der Waals surface area contributed by atoms with Gasteiger partial charge >= 0.3 is 0 Å². The van der Waals surface area contributed by atoms with Crippen LogP contribution < -0.4 is 4.74 Å². The van der Waals surface area contributed by atoms with E-state index in [1.54, 1.807) is 7.11 Å². The summed E-state index contributed by atoms with van der Waals surface area (Å²) in [5.41, 5.74) is 0.682. The standard InChI is InChI=1S/C18H26N2O2/c1-22-17-8-4-3-7-16(17)18(21)20-13-9-15(10-14-20)19-11-5-2-6-12-19/h3-4,7-8,15H,2,5-6,9-14H2,1H3. The average molecular weight is 302 g/mol. The fourth-order valence-electron chi connectivity index (χ4n) is 3.71. The topological polar surface area (TPSA) is 32.8 Å². The highest BCUT2D eigenvalue weighted by Gasteiger charge is 2.28. The molecule has 2 fully saturated rings. The predicted molar refractivity (Wildman–Crippen MR) is 87.3 cm³/mol. The van der Waals surface area contributed by atoms with Crippen LogP contribution >= 0.6 is 0 Å². The van der Waals surface area contributed by atoms with Gasteiger partial charge in [0.1, 0.15) is 5.75 Å². The molecule has 0 bridgehead atoms. The lowest BCUT2D eigenvalue weighted by atomic mass is 9.99. The first-order chi connectivity index (χ1) is 10.8. The number of hydrogen-bond acceptors (Lipinski definition) is 3. The van der Waals surface area contributed by atoms with Crippen molar-refractivity contribution in [1.82, 2.24) is 9.80 Å².